The molecule has 1 nitrogen and oxygen atoms in total. The van der Waals surface area contributed by atoms with Crippen molar-refractivity contribution in [3.05, 3.63) is 0 Å². The summed E-state index contributed by atoms with van der Waals surface area (Å²) in [6.07, 6.45) is 2.00. The van der Waals surface area contributed by atoms with Gasteiger partial charge in [-0.05, 0) is 13.3 Å². The molecule has 0 amide bonds. The Kier molecular flexibility index (Phi) is 13.6. The molecule has 0 aliphatic carbocycles. The van der Waals surface area contributed by atoms with Crippen LogP contribution in [0.5, 0.6) is 0 Å². The monoisotopic (exact) mass is 118 g/mol. The van der Waals surface area contributed by atoms with Crippen molar-refractivity contribution in [2.75, 3.05) is 0 Å². The fourth-order valence-corrected chi connectivity index (χ4v) is 0. The van der Waals surface area contributed by atoms with Crippen LogP contribution in [0.3, 0.4) is 0 Å². The Labute approximate surface area is 52.7 Å². The van der Waals surface area contributed by atoms with Gasteiger partial charge in [-0.1, -0.05) is 27.2 Å². The van der Waals surface area contributed by atoms with Crippen LogP contribution in [0.25, 0.3) is 0 Å². The van der Waals surface area contributed by atoms with Gasteiger partial charge in [-0.2, -0.15) is 0 Å². The van der Waals surface area contributed by atoms with Crippen molar-refractivity contribution in [3.63, 3.8) is 0 Å². The number of aliphatic hydroxyl groups excluding tert-OH is 1. The predicted molar refractivity (Wildman–Crippen MR) is 37.9 cm³/mol. The molecule has 0 spiro atoms. The van der Waals surface area contributed by atoms with E-state index in [4.69, 9.17) is 5.11 Å². The maximum Gasteiger partial charge on any atom is 0.0509 e. The lowest BCUT2D eigenvalue weighted by Crippen LogP contribution is -1.93. The van der Waals surface area contributed by atoms with Crippen molar-refractivity contribution >= 4 is 0 Å². The fourth-order valence-electron chi connectivity index (χ4n) is 0. The molecule has 0 rings (SSSR count). The molecule has 1 atom stereocenters. The summed E-state index contributed by atoms with van der Waals surface area (Å²) in [7, 11) is 0. The molecule has 0 radical (unpaired) electrons. The van der Waals surface area contributed by atoms with E-state index in [1.54, 1.807) is 6.92 Å². The summed E-state index contributed by atoms with van der Waals surface area (Å²) >= 11 is 0. The lowest BCUT2D eigenvalue weighted by atomic mass is 10.3. The van der Waals surface area contributed by atoms with Gasteiger partial charge in [-0.3, -0.25) is 0 Å². The van der Waals surface area contributed by atoms with Gasteiger partial charge in [0.15, 0.2) is 0 Å². The highest BCUT2D eigenvalue weighted by molar-refractivity contribution is 4.34. The van der Waals surface area contributed by atoms with Gasteiger partial charge in [0, 0.05) is 0 Å². The van der Waals surface area contributed by atoms with E-state index in [1.165, 1.54) is 6.42 Å². The highest BCUT2D eigenvalue weighted by Gasteiger charge is 1.81. The van der Waals surface area contributed by atoms with Crippen LogP contribution in [0, 0.1) is 0 Å². The summed E-state index contributed by atoms with van der Waals surface area (Å²) in [4.78, 5) is 0. The highest BCUT2D eigenvalue weighted by atomic mass is 16.3. The first kappa shape index (κ1) is 10.9. The molecule has 1 heteroatoms. The van der Waals surface area contributed by atoms with Crippen LogP contribution < -0.4 is 0 Å². The summed E-state index contributed by atoms with van der Waals surface area (Å²) < 4.78 is 0. The summed E-state index contributed by atoms with van der Waals surface area (Å²) in [5, 5.41) is 8.36. The quantitative estimate of drug-likeness (QED) is 0.559. The maximum atomic E-state index is 8.36. The van der Waals surface area contributed by atoms with Crippen molar-refractivity contribution < 1.29 is 5.11 Å². The molecule has 0 aromatic rings. The Morgan fingerprint density at radius 3 is 1.38 bits per heavy atom. The minimum atomic E-state index is -0.116. The van der Waals surface area contributed by atoms with Crippen LogP contribution in [0.15, 0.2) is 0 Å². The second-order valence-corrected chi connectivity index (χ2v) is 1.96. The number of hydrogen-bond donors (Lipinski definition) is 1. The SMILES string of the molecule is CCC.CCC(C)O. The summed E-state index contributed by atoms with van der Waals surface area (Å²) in [6, 6.07) is 0. The van der Waals surface area contributed by atoms with Gasteiger partial charge in [-0.25, -0.2) is 0 Å². The average molecular weight is 118 g/mol. The van der Waals surface area contributed by atoms with Crippen LogP contribution >= 0.6 is 0 Å². The molecule has 0 aromatic heterocycles. The molecular weight excluding hydrogens is 100 g/mol. The lowest BCUT2D eigenvalue weighted by molar-refractivity contribution is 0.191. The number of aliphatic hydroxyl groups is 1. The molecule has 0 aromatic carbocycles. The highest BCUT2D eigenvalue weighted by Crippen LogP contribution is 1.81. The summed E-state index contributed by atoms with van der Waals surface area (Å²) in [5.74, 6) is 0. The Balaban J connectivity index is 0. The number of hydrogen-bond acceptors (Lipinski definition) is 1. The Morgan fingerprint density at radius 2 is 1.38 bits per heavy atom. The van der Waals surface area contributed by atoms with Gasteiger partial charge in [0.1, 0.15) is 0 Å². The Bertz CT molecular complexity index is 25.6. The molecule has 0 saturated heterocycles. The van der Waals surface area contributed by atoms with Crippen LogP contribution in [0.4, 0.5) is 0 Å². The minimum Gasteiger partial charge on any atom is -0.393 e. The molecule has 0 aliphatic rings. The van der Waals surface area contributed by atoms with Crippen molar-refractivity contribution in [2.45, 2.75) is 46.6 Å². The zero-order valence-corrected chi connectivity index (χ0v) is 6.44. The minimum absolute atomic E-state index is 0.116. The molecule has 52 valence electrons. The lowest BCUT2D eigenvalue weighted by Gasteiger charge is -1.90. The Hall–Kier alpha value is -0.0400. The summed E-state index contributed by atoms with van der Waals surface area (Å²) in [5.41, 5.74) is 0. The maximum absolute atomic E-state index is 8.36. The van der Waals surface area contributed by atoms with E-state index in [-0.39, 0.29) is 6.10 Å². The molecule has 0 fully saturated rings. The molecule has 0 heterocycles. The zero-order chi connectivity index (χ0) is 6.99. The average Bonchev–Trinajstić information content (AvgIpc) is 1.69. The van der Waals surface area contributed by atoms with E-state index in [9.17, 15) is 0 Å². The summed E-state index contributed by atoms with van der Waals surface area (Å²) in [6.45, 7) is 7.98. The van der Waals surface area contributed by atoms with Crippen LogP contribution in [-0.4, -0.2) is 11.2 Å². The van der Waals surface area contributed by atoms with Gasteiger partial charge >= 0.3 is 0 Å². The fraction of sp³-hybridized carbons (Fsp3) is 1.00. The van der Waals surface area contributed by atoms with Crippen molar-refractivity contribution in [3.8, 4) is 0 Å². The topological polar surface area (TPSA) is 20.2 Å². The van der Waals surface area contributed by atoms with E-state index >= 15 is 0 Å². The van der Waals surface area contributed by atoms with Gasteiger partial charge in [-0.15, -0.1) is 0 Å². The molecule has 0 bridgehead atoms. The van der Waals surface area contributed by atoms with E-state index < -0.39 is 0 Å². The largest absolute Gasteiger partial charge is 0.393 e. The van der Waals surface area contributed by atoms with Gasteiger partial charge in [0.05, 0.1) is 6.10 Å². The molecular formula is C7H18O. The molecule has 1 N–H and O–H groups in total. The van der Waals surface area contributed by atoms with Crippen LogP contribution in [0.2, 0.25) is 0 Å². The van der Waals surface area contributed by atoms with Crippen molar-refractivity contribution in [1.29, 1.82) is 0 Å². The Morgan fingerprint density at radius 1 is 1.25 bits per heavy atom. The molecule has 1 unspecified atom stereocenters. The smallest absolute Gasteiger partial charge is 0.0509 e. The normalized spacial score (nSPS) is 11.6. The van der Waals surface area contributed by atoms with Gasteiger partial charge in [0.25, 0.3) is 0 Å². The van der Waals surface area contributed by atoms with Gasteiger partial charge < -0.3 is 5.11 Å². The number of rotatable bonds is 1. The third-order valence-corrected chi connectivity index (χ3v) is 0.591. The van der Waals surface area contributed by atoms with Crippen molar-refractivity contribution in [1.82, 2.24) is 0 Å². The van der Waals surface area contributed by atoms with Crippen LogP contribution in [0.1, 0.15) is 40.5 Å². The molecule has 0 aliphatic heterocycles. The second-order valence-electron chi connectivity index (χ2n) is 1.96. The first-order valence-corrected chi connectivity index (χ1v) is 3.37. The zero-order valence-electron chi connectivity index (χ0n) is 6.44. The third-order valence-electron chi connectivity index (χ3n) is 0.591. The third kappa shape index (κ3) is 38.2. The van der Waals surface area contributed by atoms with Crippen molar-refractivity contribution in [2.24, 2.45) is 0 Å². The first-order valence-electron chi connectivity index (χ1n) is 3.37. The first-order chi connectivity index (χ1) is 3.68. The van der Waals surface area contributed by atoms with E-state index in [1.807, 2.05) is 6.92 Å². The van der Waals surface area contributed by atoms with Gasteiger partial charge in [0.2, 0.25) is 0 Å². The van der Waals surface area contributed by atoms with Crippen LogP contribution in [-0.2, 0) is 0 Å². The predicted octanol–water partition coefficient (Wildman–Crippen LogP) is 2.19. The second kappa shape index (κ2) is 10.0. The van der Waals surface area contributed by atoms with E-state index in [2.05, 4.69) is 13.8 Å². The van der Waals surface area contributed by atoms with E-state index in [0.717, 1.165) is 6.42 Å². The molecule has 0 saturated carbocycles. The molecule has 8 heavy (non-hydrogen) atoms. The standard InChI is InChI=1S/C4H10O.C3H8/c1-3-4(2)5;1-3-2/h4-5H,3H2,1-2H3;3H2,1-2H3. The van der Waals surface area contributed by atoms with E-state index in [0.29, 0.717) is 0 Å².